The van der Waals surface area contributed by atoms with Gasteiger partial charge in [-0.1, -0.05) is 6.92 Å². The molecule has 0 aliphatic heterocycles. The molecule has 0 saturated carbocycles. The molecule has 0 bridgehead atoms. The van der Waals surface area contributed by atoms with Crippen LogP contribution in [0, 0.1) is 11.6 Å². The molecule has 0 amide bonds. The van der Waals surface area contributed by atoms with Gasteiger partial charge < -0.3 is 6.15 Å². The number of aryl methyl sites for hydroxylation is 1. The van der Waals surface area contributed by atoms with E-state index in [1.165, 1.54) is 12.1 Å². The molecule has 11 heavy (non-hydrogen) atoms. The topological polar surface area (TPSA) is 35.0 Å². The summed E-state index contributed by atoms with van der Waals surface area (Å²) in [6, 6.07) is 3.55. The van der Waals surface area contributed by atoms with Crippen LogP contribution in [0.4, 0.5) is 8.78 Å². The van der Waals surface area contributed by atoms with E-state index < -0.39 is 11.6 Å². The van der Waals surface area contributed by atoms with Gasteiger partial charge in [0.2, 0.25) is 0 Å². The fourth-order valence-electron chi connectivity index (χ4n) is 0.815. The Bertz CT molecular complexity index is 215. The summed E-state index contributed by atoms with van der Waals surface area (Å²) in [4.78, 5) is 0. The van der Waals surface area contributed by atoms with E-state index in [0.29, 0.717) is 12.0 Å². The van der Waals surface area contributed by atoms with Crippen molar-refractivity contribution in [2.75, 3.05) is 0 Å². The summed E-state index contributed by atoms with van der Waals surface area (Å²) in [5, 5.41) is 0. The average molecular weight is 159 g/mol. The maximum atomic E-state index is 12.4. The quantitative estimate of drug-likeness (QED) is 0.671. The molecule has 0 radical (unpaired) electrons. The Labute approximate surface area is 64.6 Å². The predicted octanol–water partition coefficient (Wildman–Crippen LogP) is 2.69. The van der Waals surface area contributed by atoms with Crippen molar-refractivity contribution in [1.29, 1.82) is 0 Å². The molecule has 3 heteroatoms. The summed E-state index contributed by atoms with van der Waals surface area (Å²) < 4.78 is 24.8. The molecule has 0 heterocycles. The van der Waals surface area contributed by atoms with Crippen LogP contribution in [-0.4, -0.2) is 0 Å². The van der Waals surface area contributed by atoms with Gasteiger partial charge in [0.1, 0.15) is 11.6 Å². The van der Waals surface area contributed by atoms with E-state index in [0.717, 1.165) is 6.07 Å². The van der Waals surface area contributed by atoms with E-state index in [4.69, 9.17) is 0 Å². The molecule has 0 fully saturated rings. The van der Waals surface area contributed by atoms with Crippen molar-refractivity contribution in [2.45, 2.75) is 13.3 Å². The molecule has 0 unspecified atom stereocenters. The molecule has 0 atom stereocenters. The smallest absolute Gasteiger partial charge is 0.126 e. The largest absolute Gasteiger partial charge is 0.344 e. The number of hydrogen-bond donors (Lipinski definition) is 1. The van der Waals surface area contributed by atoms with Gasteiger partial charge in [0, 0.05) is 6.07 Å². The first-order valence-electron chi connectivity index (χ1n) is 3.17. The van der Waals surface area contributed by atoms with Crippen LogP contribution in [0.25, 0.3) is 0 Å². The minimum atomic E-state index is -0.503. The highest BCUT2D eigenvalue weighted by atomic mass is 19.1. The first-order chi connectivity index (χ1) is 4.72. The standard InChI is InChI=1S/C8H8F2.H3N/c1-2-6-3-7(9)5-8(10)4-6;/h3-5H,2H2,1H3;1H3. The van der Waals surface area contributed by atoms with Gasteiger partial charge in [0.25, 0.3) is 0 Å². The van der Waals surface area contributed by atoms with Crippen LogP contribution in [0.2, 0.25) is 0 Å². The molecule has 0 saturated heterocycles. The summed E-state index contributed by atoms with van der Waals surface area (Å²) in [5.41, 5.74) is 0.692. The van der Waals surface area contributed by atoms with Gasteiger partial charge in [-0.15, -0.1) is 0 Å². The van der Waals surface area contributed by atoms with Crippen molar-refractivity contribution in [1.82, 2.24) is 6.15 Å². The molecule has 1 rings (SSSR count). The Morgan fingerprint density at radius 3 is 1.91 bits per heavy atom. The third-order valence-corrected chi connectivity index (χ3v) is 1.33. The van der Waals surface area contributed by atoms with Gasteiger partial charge in [0.05, 0.1) is 0 Å². The van der Waals surface area contributed by atoms with Crippen LogP contribution in [0.15, 0.2) is 18.2 Å². The van der Waals surface area contributed by atoms with Crippen LogP contribution in [0.1, 0.15) is 12.5 Å². The van der Waals surface area contributed by atoms with Gasteiger partial charge in [-0.25, -0.2) is 8.78 Å². The van der Waals surface area contributed by atoms with Crippen LogP contribution in [-0.2, 0) is 6.42 Å². The molecular formula is C8H11F2N. The number of halogens is 2. The summed E-state index contributed by atoms with van der Waals surface area (Å²) in [5.74, 6) is -1.01. The molecular weight excluding hydrogens is 148 g/mol. The van der Waals surface area contributed by atoms with E-state index >= 15 is 0 Å². The third kappa shape index (κ3) is 2.63. The molecule has 3 N–H and O–H groups in total. The first-order valence-corrected chi connectivity index (χ1v) is 3.17. The van der Waals surface area contributed by atoms with Gasteiger partial charge in [-0.05, 0) is 24.1 Å². The summed E-state index contributed by atoms with van der Waals surface area (Å²) in [6.45, 7) is 1.86. The highest BCUT2D eigenvalue weighted by Crippen LogP contribution is 2.07. The Morgan fingerprint density at radius 2 is 1.55 bits per heavy atom. The normalized spacial score (nSPS) is 9.00. The van der Waals surface area contributed by atoms with Gasteiger partial charge >= 0.3 is 0 Å². The molecule has 1 aromatic carbocycles. The fourth-order valence-corrected chi connectivity index (χ4v) is 0.815. The van der Waals surface area contributed by atoms with E-state index in [1.54, 1.807) is 0 Å². The minimum Gasteiger partial charge on any atom is -0.344 e. The van der Waals surface area contributed by atoms with Crippen LogP contribution < -0.4 is 6.15 Å². The van der Waals surface area contributed by atoms with Crippen LogP contribution in [0.5, 0.6) is 0 Å². The maximum Gasteiger partial charge on any atom is 0.126 e. The SMILES string of the molecule is CCc1cc(F)cc(F)c1.N. The average Bonchev–Trinajstić information content (AvgIpc) is 1.85. The maximum absolute atomic E-state index is 12.4. The van der Waals surface area contributed by atoms with Crippen molar-refractivity contribution in [3.8, 4) is 0 Å². The van der Waals surface area contributed by atoms with E-state index in [1.807, 2.05) is 6.92 Å². The lowest BCUT2D eigenvalue weighted by atomic mass is 10.2. The molecule has 1 nitrogen and oxygen atoms in total. The zero-order valence-corrected chi connectivity index (χ0v) is 6.40. The molecule has 0 spiro atoms. The first kappa shape index (κ1) is 10.0. The van der Waals surface area contributed by atoms with Crippen LogP contribution in [0.3, 0.4) is 0 Å². The van der Waals surface area contributed by atoms with Gasteiger partial charge in [-0.3, -0.25) is 0 Å². The Hall–Kier alpha value is -0.960. The highest BCUT2D eigenvalue weighted by Gasteiger charge is 1.96. The van der Waals surface area contributed by atoms with E-state index in [9.17, 15) is 8.78 Å². The lowest BCUT2D eigenvalue weighted by Crippen LogP contribution is -1.84. The van der Waals surface area contributed by atoms with Crippen molar-refractivity contribution >= 4 is 0 Å². The number of hydrogen-bond acceptors (Lipinski definition) is 1. The highest BCUT2D eigenvalue weighted by molar-refractivity contribution is 5.17. The second-order valence-electron chi connectivity index (χ2n) is 2.13. The zero-order valence-electron chi connectivity index (χ0n) is 6.40. The monoisotopic (exact) mass is 159 g/mol. The molecule has 0 aromatic heterocycles. The molecule has 0 aliphatic carbocycles. The molecule has 1 aromatic rings. The lowest BCUT2D eigenvalue weighted by Gasteiger charge is -1.95. The van der Waals surface area contributed by atoms with Crippen LogP contribution >= 0.6 is 0 Å². The summed E-state index contributed by atoms with van der Waals surface area (Å²) in [7, 11) is 0. The van der Waals surface area contributed by atoms with E-state index in [-0.39, 0.29) is 6.15 Å². The van der Waals surface area contributed by atoms with Gasteiger partial charge in [0.15, 0.2) is 0 Å². The molecule has 0 aliphatic rings. The van der Waals surface area contributed by atoms with Crippen molar-refractivity contribution in [3.63, 3.8) is 0 Å². The summed E-state index contributed by atoms with van der Waals surface area (Å²) in [6.07, 6.45) is 0.661. The zero-order chi connectivity index (χ0) is 7.56. The number of rotatable bonds is 1. The Morgan fingerprint density at radius 1 is 1.09 bits per heavy atom. The second kappa shape index (κ2) is 4.03. The Kier molecular flexibility index (Phi) is 3.68. The summed E-state index contributed by atoms with van der Waals surface area (Å²) >= 11 is 0. The van der Waals surface area contributed by atoms with E-state index in [2.05, 4.69) is 0 Å². The minimum absolute atomic E-state index is 0. The Balaban J connectivity index is 0.000001000. The van der Waals surface area contributed by atoms with Gasteiger partial charge in [-0.2, -0.15) is 0 Å². The fraction of sp³-hybridized carbons (Fsp3) is 0.250. The lowest BCUT2D eigenvalue weighted by molar-refractivity contribution is 0.580. The van der Waals surface area contributed by atoms with Crippen molar-refractivity contribution in [3.05, 3.63) is 35.4 Å². The third-order valence-electron chi connectivity index (χ3n) is 1.33. The second-order valence-corrected chi connectivity index (χ2v) is 2.13. The molecule has 62 valence electrons. The number of benzene rings is 1. The van der Waals surface area contributed by atoms with Crippen molar-refractivity contribution in [2.24, 2.45) is 0 Å². The predicted molar refractivity (Wildman–Crippen MR) is 40.8 cm³/mol. The van der Waals surface area contributed by atoms with Crippen molar-refractivity contribution < 1.29 is 8.78 Å².